The Bertz CT molecular complexity index is 1340. The van der Waals surface area contributed by atoms with Crippen molar-refractivity contribution in [3.05, 3.63) is 83.2 Å². The maximum atomic E-state index is 14.1. The van der Waals surface area contributed by atoms with Crippen molar-refractivity contribution >= 4 is 21.4 Å². The van der Waals surface area contributed by atoms with Gasteiger partial charge in [-0.25, -0.2) is 12.8 Å². The van der Waals surface area contributed by atoms with Gasteiger partial charge in [0.15, 0.2) is 0 Å². The second-order valence-corrected chi connectivity index (χ2v) is 8.79. The monoisotopic (exact) mass is 480 g/mol. The first-order valence-corrected chi connectivity index (χ1v) is 11.1. The second-order valence-electron chi connectivity index (χ2n) is 7.10. The number of fused-ring (bicyclic) bond motifs is 1. The van der Waals surface area contributed by atoms with Gasteiger partial charge in [-0.2, -0.15) is 0 Å². The van der Waals surface area contributed by atoms with Gasteiger partial charge in [0.1, 0.15) is 17.3 Å². The number of nitrogens with zero attached hydrogens (tertiary/aromatic N) is 1. The average Bonchev–Trinajstić information content (AvgIpc) is 2.74. The van der Waals surface area contributed by atoms with Gasteiger partial charge in [0, 0.05) is 17.7 Å². The summed E-state index contributed by atoms with van der Waals surface area (Å²) in [6.45, 7) is 0.368. The van der Waals surface area contributed by atoms with E-state index in [-0.39, 0.29) is 16.4 Å². The van der Waals surface area contributed by atoms with Crippen LogP contribution in [-0.2, 0) is 16.4 Å². The fraction of sp³-hybridized carbons (Fsp3) is 0.136. The Balaban J connectivity index is 1.57. The highest BCUT2D eigenvalue weighted by molar-refractivity contribution is 7.92. The number of hydrogen-bond donors (Lipinski definition) is 2. The fourth-order valence-corrected chi connectivity index (χ4v) is 4.51. The van der Waals surface area contributed by atoms with Crippen LogP contribution >= 0.6 is 0 Å². The Morgan fingerprint density at radius 1 is 1.03 bits per heavy atom. The molecule has 0 saturated heterocycles. The van der Waals surface area contributed by atoms with Crippen molar-refractivity contribution < 1.29 is 35.8 Å². The number of halogens is 4. The van der Waals surface area contributed by atoms with Crippen molar-refractivity contribution in [2.24, 2.45) is 4.99 Å². The minimum atomic E-state index is -4.90. The predicted molar refractivity (Wildman–Crippen MR) is 113 cm³/mol. The van der Waals surface area contributed by atoms with Crippen molar-refractivity contribution in [3.8, 4) is 11.5 Å². The second kappa shape index (κ2) is 8.39. The minimum absolute atomic E-state index is 0.148. The molecule has 11 heteroatoms. The lowest BCUT2D eigenvalue weighted by Gasteiger charge is -2.18. The van der Waals surface area contributed by atoms with Gasteiger partial charge in [0.25, 0.3) is 10.0 Å². The van der Waals surface area contributed by atoms with Gasteiger partial charge < -0.3 is 9.84 Å². The highest BCUT2D eigenvalue weighted by Crippen LogP contribution is 2.31. The van der Waals surface area contributed by atoms with Crippen LogP contribution in [0.15, 0.2) is 70.6 Å². The third-order valence-electron chi connectivity index (χ3n) is 4.89. The van der Waals surface area contributed by atoms with Crippen LogP contribution in [-0.4, -0.2) is 32.1 Å². The Morgan fingerprint density at radius 3 is 2.42 bits per heavy atom. The molecule has 0 amide bonds. The number of phenolic OH excluding ortho intramolecular Hbond substituents is 1. The molecule has 3 aromatic carbocycles. The van der Waals surface area contributed by atoms with Crippen molar-refractivity contribution in [1.29, 1.82) is 0 Å². The van der Waals surface area contributed by atoms with E-state index >= 15 is 0 Å². The standard InChI is InChI=1S/C22H16F4N2O4S/c23-18-3-1-2-17-16(18)10-11-27-21(17)13-4-9-19(20(29)12-13)28-33(30,31)15-7-5-14(6-8-15)32-22(24,25)26/h1-9,12,28-29H,10-11H2. The Labute approximate surface area is 186 Å². The quantitative estimate of drug-likeness (QED) is 0.412. The van der Waals surface area contributed by atoms with Crippen LogP contribution < -0.4 is 9.46 Å². The highest BCUT2D eigenvalue weighted by atomic mass is 32.2. The molecule has 0 radical (unpaired) electrons. The van der Waals surface area contributed by atoms with Crippen LogP contribution in [0.2, 0.25) is 0 Å². The molecule has 3 aromatic rings. The van der Waals surface area contributed by atoms with E-state index in [4.69, 9.17) is 0 Å². The molecule has 0 bridgehead atoms. The summed E-state index contributed by atoms with van der Waals surface area (Å²) in [5.74, 6) is -1.32. The molecular formula is C22H16F4N2O4S. The van der Waals surface area contributed by atoms with Crippen molar-refractivity contribution in [1.82, 2.24) is 0 Å². The van der Waals surface area contributed by atoms with E-state index in [9.17, 15) is 31.1 Å². The zero-order valence-electron chi connectivity index (χ0n) is 16.7. The molecule has 2 N–H and O–H groups in total. The van der Waals surface area contributed by atoms with Crippen molar-refractivity contribution in [2.45, 2.75) is 17.7 Å². The van der Waals surface area contributed by atoms with Crippen molar-refractivity contribution in [2.75, 3.05) is 11.3 Å². The van der Waals surface area contributed by atoms with E-state index in [2.05, 4.69) is 14.5 Å². The molecule has 33 heavy (non-hydrogen) atoms. The molecule has 0 aliphatic carbocycles. The normalized spacial score (nSPS) is 13.8. The summed E-state index contributed by atoms with van der Waals surface area (Å²) in [6.07, 6.45) is -4.46. The van der Waals surface area contributed by atoms with Crippen molar-refractivity contribution in [3.63, 3.8) is 0 Å². The average molecular weight is 480 g/mol. The number of alkyl halides is 3. The number of aliphatic imine (C=N–C) groups is 1. The molecule has 0 atom stereocenters. The number of anilines is 1. The summed E-state index contributed by atoms with van der Waals surface area (Å²) in [5, 5.41) is 10.4. The van der Waals surface area contributed by atoms with Gasteiger partial charge >= 0.3 is 6.36 Å². The number of benzene rings is 3. The largest absolute Gasteiger partial charge is 0.573 e. The van der Waals surface area contributed by atoms with Gasteiger partial charge in [-0.05, 0) is 54.4 Å². The molecule has 0 saturated carbocycles. The van der Waals surface area contributed by atoms with Crippen LogP contribution in [0.1, 0.15) is 16.7 Å². The maximum absolute atomic E-state index is 14.1. The van der Waals surface area contributed by atoms with Gasteiger partial charge in [0.05, 0.1) is 16.3 Å². The Kier molecular flexibility index (Phi) is 5.75. The molecule has 1 aliphatic rings. The third kappa shape index (κ3) is 4.92. The molecule has 1 aliphatic heterocycles. The Morgan fingerprint density at radius 2 is 1.76 bits per heavy atom. The summed E-state index contributed by atoms with van der Waals surface area (Å²) in [4.78, 5) is 4.09. The summed E-state index contributed by atoms with van der Waals surface area (Å²) < 4.78 is 82.0. The van der Waals surface area contributed by atoms with E-state index in [1.54, 1.807) is 12.1 Å². The summed E-state index contributed by atoms with van der Waals surface area (Å²) >= 11 is 0. The van der Waals surface area contributed by atoms with Gasteiger partial charge in [-0.1, -0.05) is 18.2 Å². The fourth-order valence-electron chi connectivity index (χ4n) is 3.44. The molecule has 0 spiro atoms. The van der Waals surface area contributed by atoms with E-state index in [1.807, 2.05) is 0 Å². The van der Waals surface area contributed by atoms with Crippen LogP contribution in [0.4, 0.5) is 23.2 Å². The van der Waals surface area contributed by atoms with Gasteiger partial charge in [-0.3, -0.25) is 9.71 Å². The maximum Gasteiger partial charge on any atom is 0.573 e. The van der Waals surface area contributed by atoms with Crippen LogP contribution in [0.5, 0.6) is 11.5 Å². The summed E-state index contributed by atoms with van der Waals surface area (Å²) in [6, 6.07) is 12.4. The highest BCUT2D eigenvalue weighted by Gasteiger charge is 2.31. The smallest absolute Gasteiger partial charge is 0.506 e. The lowest BCUT2D eigenvalue weighted by molar-refractivity contribution is -0.274. The predicted octanol–water partition coefficient (Wildman–Crippen LogP) is 4.62. The van der Waals surface area contributed by atoms with Gasteiger partial charge in [-0.15, -0.1) is 13.2 Å². The molecule has 0 aromatic heterocycles. The number of rotatable bonds is 5. The zero-order chi connectivity index (χ0) is 23.8. The first-order valence-electron chi connectivity index (χ1n) is 9.58. The number of phenols is 1. The van der Waals surface area contributed by atoms with E-state index in [0.717, 1.165) is 24.3 Å². The molecule has 0 unspecified atom stereocenters. The minimum Gasteiger partial charge on any atom is -0.506 e. The SMILES string of the molecule is O=S(=O)(Nc1ccc(C2=NCCc3c(F)cccc32)cc1O)c1ccc(OC(F)(F)F)cc1. The van der Waals surface area contributed by atoms with Crippen LogP contribution in [0.3, 0.4) is 0 Å². The lowest BCUT2D eigenvalue weighted by atomic mass is 9.93. The Hall–Kier alpha value is -3.60. The lowest BCUT2D eigenvalue weighted by Crippen LogP contribution is -2.17. The molecule has 172 valence electrons. The molecule has 0 fully saturated rings. The molecule has 6 nitrogen and oxygen atoms in total. The molecular weight excluding hydrogens is 464 g/mol. The summed E-state index contributed by atoms with van der Waals surface area (Å²) in [7, 11) is -4.21. The van der Waals surface area contributed by atoms with E-state index < -0.39 is 27.9 Å². The summed E-state index contributed by atoms with van der Waals surface area (Å²) in [5.41, 5.74) is 1.90. The first kappa shape index (κ1) is 22.6. The van der Waals surface area contributed by atoms with Crippen LogP contribution in [0.25, 0.3) is 0 Å². The number of sulfonamides is 1. The first-order chi connectivity index (χ1) is 15.5. The van der Waals surface area contributed by atoms with Crippen LogP contribution in [0, 0.1) is 5.82 Å². The topological polar surface area (TPSA) is 88.0 Å². The number of hydrogen-bond acceptors (Lipinski definition) is 5. The number of nitrogens with one attached hydrogen (secondary N) is 1. The third-order valence-corrected chi connectivity index (χ3v) is 6.27. The zero-order valence-corrected chi connectivity index (χ0v) is 17.5. The number of ether oxygens (including phenoxy) is 1. The number of aromatic hydroxyl groups is 1. The molecule has 4 rings (SSSR count). The van der Waals surface area contributed by atoms with E-state index in [1.165, 1.54) is 24.3 Å². The van der Waals surface area contributed by atoms with E-state index in [0.29, 0.717) is 35.4 Å². The molecule has 1 heterocycles. The van der Waals surface area contributed by atoms with Gasteiger partial charge in [0.2, 0.25) is 0 Å².